The molecule has 5 rings (SSSR count). The molecule has 2 unspecified atom stereocenters. The summed E-state index contributed by atoms with van der Waals surface area (Å²) >= 11 is 0. The van der Waals surface area contributed by atoms with Crippen LogP contribution in [0.25, 0.3) is 11.2 Å². The second-order valence-corrected chi connectivity index (χ2v) is 7.05. The summed E-state index contributed by atoms with van der Waals surface area (Å²) in [5, 5.41) is 9.05. The number of hydrogen-bond acceptors (Lipinski definition) is 6. The molecule has 2 aromatic heterocycles. The van der Waals surface area contributed by atoms with Crippen LogP contribution >= 0.6 is 0 Å². The maximum Gasteiger partial charge on any atom is 0.154 e. The van der Waals surface area contributed by atoms with Crippen LogP contribution in [0.5, 0.6) is 0 Å². The van der Waals surface area contributed by atoms with Gasteiger partial charge >= 0.3 is 0 Å². The van der Waals surface area contributed by atoms with Crippen LogP contribution in [-0.2, 0) is 4.74 Å². The molecule has 0 spiro atoms. The Kier molecular flexibility index (Phi) is 3.74. The van der Waals surface area contributed by atoms with Crippen molar-refractivity contribution in [1.29, 1.82) is 0 Å². The predicted octanol–water partition coefficient (Wildman–Crippen LogP) is 1.87. The van der Waals surface area contributed by atoms with Gasteiger partial charge in [0.05, 0.1) is 17.9 Å². The van der Waals surface area contributed by atoms with E-state index >= 15 is 0 Å². The molecule has 2 aromatic rings. The van der Waals surface area contributed by atoms with Gasteiger partial charge in [0.1, 0.15) is 5.82 Å². The van der Waals surface area contributed by atoms with Crippen LogP contribution in [-0.4, -0.2) is 53.2 Å². The number of aromatic nitrogens is 3. The Bertz CT molecular complexity index is 908. The number of rotatable bonds is 3. The zero-order chi connectivity index (χ0) is 17.5. The summed E-state index contributed by atoms with van der Waals surface area (Å²) in [6, 6.07) is 4.77. The van der Waals surface area contributed by atoms with E-state index < -0.39 is 0 Å². The summed E-state index contributed by atoms with van der Waals surface area (Å²) in [7, 11) is 2.12. The van der Waals surface area contributed by atoms with Gasteiger partial charge in [-0.15, -0.1) is 5.10 Å². The predicted molar refractivity (Wildman–Crippen MR) is 101 cm³/mol. The highest BCUT2D eigenvalue weighted by Crippen LogP contribution is 2.27. The fourth-order valence-corrected chi connectivity index (χ4v) is 3.85. The number of imidazole rings is 1. The Labute approximate surface area is 152 Å². The summed E-state index contributed by atoms with van der Waals surface area (Å²) in [4.78, 5) is 6.79. The minimum absolute atomic E-state index is 0.216. The molecule has 1 saturated heterocycles. The minimum Gasteiger partial charge on any atom is -0.381 e. The lowest BCUT2D eigenvalue weighted by atomic mass is 9.93. The van der Waals surface area contributed by atoms with E-state index in [1.807, 2.05) is 23.0 Å². The second-order valence-electron chi connectivity index (χ2n) is 7.05. The first-order valence-corrected chi connectivity index (χ1v) is 9.14. The van der Waals surface area contributed by atoms with Gasteiger partial charge in [-0.25, -0.2) is 9.50 Å². The van der Waals surface area contributed by atoms with Gasteiger partial charge in [-0.2, -0.15) is 5.10 Å². The van der Waals surface area contributed by atoms with Gasteiger partial charge in [0.25, 0.3) is 0 Å². The summed E-state index contributed by atoms with van der Waals surface area (Å²) in [5.41, 5.74) is 6.13. The van der Waals surface area contributed by atoms with Crippen molar-refractivity contribution in [3.63, 3.8) is 0 Å². The number of nitrogens with zero attached hydrogens (tertiary/aromatic N) is 5. The molecule has 0 saturated carbocycles. The van der Waals surface area contributed by atoms with Gasteiger partial charge in [-0.1, -0.05) is 18.2 Å². The third-order valence-corrected chi connectivity index (χ3v) is 5.49. The van der Waals surface area contributed by atoms with Crippen LogP contribution in [0.1, 0.15) is 18.5 Å². The van der Waals surface area contributed by atoms with Gasteiger partial charge in [0.2, 0.25) is 0 Å². The smallest absolute Gasteiger partial charge is 0.154 e. The lowest BCUT2D eigenvalue weighted by Crippen LogP contribution is -2.37. The molecule has 1 fully saturated rings. The Balaban J connectivity index is 1.49. The van der Waals surface area contributed by atoms with Gasteiger partial charge in [-0.05, 0) is 30.5 Å². The monoisotopic (exact) mass is 350 g/mol. The molecular weight excluding hydrogens is 328 g/mol. The summed E-state index contributed by atoms with van der Waals surface area (Å²) < 4.78 is 7.42. The van der Waals surface area contributed by atoms with Crippen LogP contribution in [0.4, 0.5) is 5.82 Å². The largest absolute Gasteiger partial charge is 0.381 e. The lowest BCUT2D eigenvalue weighted by molar-refractivity contribution is 0.0853. The van der Waals surface area contributed by atoms with Crippen molar-refractivity contribution in [3.8, 4) is 0 Å². The minimum atomic E-state index is 0.216. The number of allylic oxidation sites excluding steroid dienone is 2. The first kappa shape index (κ1) is 15.6. The molecular formula is C19H22N6O. The molecule has 1 aliphatic carbocycles. The zero-order valence-corrected chi connectivity index (χ0v) is 14.7. The summed E-state index contributed by atoms with van der Waals surface area (Å²) in [6.45, 7) is 1.64. The van der Waals surface area contributed by atoms with E-state index in [2.05, 4.69) is 51.8 Å². The molecule has 3 aliphatic rings. The fourth-order valence-electron chi connectivity index (χ4n) is 3.85. The molecule has 0 amide bonds. The zero-order valence-electron chi connectivity index (χ0n) is 14.7. The number of nitrogens with one attached hydrogen (secondary N) is 1. The molecule has 134 valence electrons. The van der Waals surface area contributed by atoms with Crippen molar-refractivity contribution in [2.24, 2.45) is 11.0 Å². The summed E-state index contributed by atoms with van der Waals surface area (Å²) in [5.74, 6) is 1.30. The Hall–Kier alpha value is -2.67. The van der Waals surface area contributed by atoms with E-state index in [9.17, 15) is 0 Å². The quantitative estimate of drug-likeness (QED) is 0.915. The molecule has 0 bridgehead atoms. The van der Waals surface area contributed by atoms with Gasteiger partial charge in [0, 0.05) is 38.4 Å². The standard InChI is InChI=1S/C19H22N6O/c1-24(15-6-8-26-9-7-15)19-5-4-18-20-12-17(25(18)23-19)13-2-3-14-11-21-22-16(14)10-13/h2-5,10-12,14-16,22H,6-9H2,1H3. The van der Waals surface area contributed by atoms with Crippen LogP contribution in [0, 0.1) is 5.92 Å². The van der Waals surface area contributed by atoms with E-state index in [1.54, 1.807) is 0 Å². The van der Waals surface area contributed by atoms with Crippen molar-refractivity contribution in [2.45, 2.75) is 24.9 Å². The van der Waals surface area contributed by atoms with Crippen molar-refractivity contribution in [1.82, 2.24) is 20.0 Å². The van der Waals surface area contributed by atoms with Crippen molar-refractivity contribution >= 4 is 23.3 Å². The van der Waals surface area contributed by atoms with Crippen LogP contribution in [0.15, 0.2) is 41.7 Å². The molecule has 2 aliphatic heterocycles. The first-order valence-electron chi connectivity index (χ1n) is 9.14. The third-order valence-electron chi connectivity index (χ3n) is 5.49. The first-order chi connectivity index (χ1) is 12.8. The van der Waals surface area contributed by atoms with E-state index in [0.29, 0.717) is 12.0 Å². The van der Waals surface area contributed by atoms with Gasteiger partial charge in [-0.3, -0.25) is 0 Å². The number of anilines is 1. The van der Waals surface area contributed by atoms with Crippen molar-refractivity contribution in [2.75, 3.05) is 25.2 Å². The van der Waals surface area contributed by atoms with E-state index in [4.69, 9.17) is 9.84 Å². The lowest BCUT2D eigenvalue weighted by Gasteiger charge is -2.31. The highest BCUT2D eigenvalue weighted by Gasteiger charge is 2.25. The normalized spacial score (nSPS) is 25.2. The Morgan fingerprint density at radius 3 is 3.04 bits per heavy atom. The molecule has 7 nitrogen and oxygen atoms in total. The van der Waals surface area contributed by atoms with Crippen molar-refractivity contribution < 1.29 is 4.74 Å². The maximum atomic E-state index is 5.48. The topological polar surface area (TPSA) is 67.1 Å². The van der Waals surface area contributed by atoms with Gasteiger partial charge < -0.3 is 15.1 Å². The van der Waals surface area contributed by atoms with Gasteiger partial charge in [0.15, 0.2) is 5.65 Å². The second kappa shape index (κ2) is 6.25. The van der Waals surface area contributed by atoms with E-state index in [0.717, 1.165) is 48.8 Å². The molecule has 26 heavy (non-hydrogen) atoms. The number of fused-ring (bicyclic) bond motifs is 2. The molecule has 1 N–H and O–H groups in total. The van der Waals surface area contributed by atoms with Crippen molar-refractivity contribution in [3.05, 3.63) is 42.3 Å². The molecule has 4 heterocycles. The van der Waals surface area contributed by atoms with Crippen LogP contribution in [0.3, 0.4) is 0 Å². The molecule has 7 heteroatoms. The van der Waals surface area contributed by atoms with E-state index in [1.165, 1.54) is 0 Å². The highest BCUT2D eigenvalue weighted by molar-refractivity contribution is 5.79. The summed E-state index contributed by atoms with van der Waals surface area (Å²) in [6.07, 6.45) is 12.4. The average Bonchev–Trinajstić information content (AvgIpc) is 3.33. The number of hydrogen-bond donors (Lipinski definition) is 1. The molecule has 0 radical (unpaired) electrons. The number of hydrazone groups is 1. The average molecular weight is 350 g/mol. The SMILES string of the molecule is CN(c1ccc2ncc(C3=CC4NN=CC4C=C3)n2n1)C1CCOCC1. The van der Waals surface area contributed by atoms with Crippen LogP contribution in [0.2, 0.25) is 0 Å². The fraction of sp³-hybridized carbons (Fsp3) is 0.421. The third kappa shape index (κ3) is 2.59. The maximum absolute atomic E-state index is 5.48. The molecule has 2 atom stereocenters. The van der Waals surface area contributed by atoms with Crippen LogP contribution < -0.4 is 10.3 Å². The molecule has 0 aromatic carbocycles. The number of ether oxygens (including phenoxy) is 1. The van der Waals surface area contributed by atoms with E-state index in [-0.39, 0.29) is 6.04 Å². The Morgan fingerprint density at radius 2 is 2.15 bits per heavy atom. The Morgan fingerprint density at radius 1 is 1.27 bits per heavy atom. The highest BCUT2D eigenvalue weighted by atomic mass is 16.5.